The molecule has 0 saturated carbocycles. The summed E-state index contributed by atoms with van der Waals surface area (Å²) in [5.41, 5.74) is 6.24. The number of aromatic hydroxyl groups is 1. The molecule has 5 nitrogen and oxygen atoms in total. The first-order chi connectivity index (χ1) is 7.60. The van der Waals surface area contributed by atoms with Gasteiger partial charge in [-0.05, 0) is 6.07 Å². The number of hydrogen-bond acceptors (Lipinski definition) is 5. The highest BCUT2D eigenvalue weighted by atomic mass is 35.5. The molecule has 0 heterocycles. The Morgan fingerprint density at radius 3 is 2.65 bits per heavy atom. The zero-order chi connectivity index (χ0) is 12.1. The van der Waals surface area contributed by atoms with Crippen LogP contribution in [0, 0.1) is 0 Å². The highest BCUT2D eigenvalue weighted by Gasteiger charge is 2.17. The lowest BCUT2D eigenvalue weighted by Gasteiger charge is -2.14. The van der Waals surface area contributed by atoms with Crippen molar-refractivity contribution in [2.45, 2.75) is 12.5 Å². The van der Waals surface area contributed by atoms with Gasteiger partial charge in [0.1, 0.15) is 0 Å². The van der Waals surface area contributed by atoms with Crippen LogP contribution in [0.5, 0.6) is 11.5 Å². The lowest BCUT2D eigenvalue weighted by Crippen LogP contribution is -2.16. The van der Waals surface area contributed by atoms with Crippen LogP contribution >= 0.6 is 12.4 Å². The summed E-state index contributed by atoms with van der Waals surface area (Å²) in [4.78, 5) is 11.0. The van der Waals surface area contributed by atoms with Gasteiger partial charge in [-0.2, -0.15) is 0 Å². The van der Waals surface area contributed by atoms with Crippen molar-refractivity contribution in [2.75, 3.05) is 14.2 Å². The molecule has 0 aliphatic carbocycles. The molecule has 3 N–H and O–H groups in total. The number of halogens is 1. The van der Waals surface area contributed by atoms with Crippen LogP contribution in [0.15, 0.2) is 18.2 Å². The molecule has 0 unspecified atom stereocenters. The van der Waals surface area contributed by atoms with Gasteiger partial charge in [0.15, 0.2) is 11.5 Å². The van der Waals surface area contributed by atoms with Crippen LogP contribution in [-0.2, 0) is 9.53 Å². The van der Waals surface area contributed by atoms with E-state index in [-0.39, 0.29) is 24.6 Å². The van der Waals surface area contributed by atoms with E-state index >= 15 is 0 Å². The topological polar surface area (TPSA) is 81.8 Å². The van der Waals surface area contributed by atoms with Gasteiger partial charge in [-0.25, -0.2) is 0 Å². The summed E-state index contributed by atoms with van der Waals surface area (Å²) < 4.78 is 9.45. The number of para-hydroxylation sites is 1. The van der Waals surface area contributed by atoms with Crippen LogP contribution in [0.4, 0.5) is 0 Å². The molecule has 96 valence electrons. The normalized spacial score (nSPS) is 11.2. The average Bonchev–Trinajstić information content (AvgIpc) is 2.29. The summed E-state index contributed by atoms with van der Waals surface area (Å²) in [6, 6.07) is 4.35. The lowest BCUT2D eigenvalue weighted by atomic mass is 10.0. The van der Waals surface area contributed by atoms with E-state index in [2.05, 4.69) is 4.74 Å². The largest absolute Gasteiger partial charge is 0.504 e. The maximum atomic E-state index is 11.0. The molecule has 1 rings (SSSR count). The molecule has 1 atom stereocenters. The van der Waals surface area contributed by atoms with E-state index in [1.165, 1.54) is 14.2 Å². The van der Waals surface area contributed by atoms with Crippen molar-refractivity contribution in [1.29, 1.82) is 0 Å². The number of ether oxygens (including phenoxy) is 2. The maximum Gasteiger partial charge on any atom is 0.307 e. The quantitative estimate of drug-likeness (QED) is 0.801. The Labute approximate surface area is 106 Å². The highest BCUT2D eigenvalue weighted by Crippen LogP contribution is 2.33. The monoisotopic (exact) mass is 261 g/mol. The van der Waals surface area contributed by atoms with Crippen LogP contribution in [0.1, 0.15) is 18.0 Å². The van der Waals surface area contributed by atoms with Crippen molar-refractivity contribution < 1.29 is 19.4 Å². The van der Waals surface area contributed by atoms with Crippen LogP contribution in [0.2, 0.25) is 0 Å². The minimum absolute atomic E-state index is 0. The smallest absolute Gasteiger partial charge is 0.307 e. The van der Waals surface area contributed by atoms with Gasteiger partial charge >= 0.3 is 5.97 Å². The summed E-state index contributed by atoms with van der Waals surface area (Å²) in [7, 11) is 2.74. The molecule has 0 spiro atoms. The minimum atomic E-state index is -0.609. The van der Waals surface area contributed by atoms with E-state index in [9.17, 15) is 9.90 Å². The van der Waals surface area contributed by atoms with E-state index in [4.69, 9.17) is 10.5 Å². The van der Waals surface area contributed by atoms with Crippen molar-refractivity contribution in [2.24, 2.45) is 5.73 Å². The van der Waals surface area contributed by atoms with Gasteiger partial charge in [-0.15, -0.1) is 12.4 Å². The first kappa shape index (κ1) is 15.5. The van der Waals surface area contributed by atoms with Gasteiger partial charge in [-0.3, -0.25) is 4.79 Å². The number of carbonyl (C=O) groups is 1. The SMILES string of the molecule is COC(=O)C[C@@H](N)c1cccc(OC)c1O.Cl. The van der Waals surface area contributed by atoms with Crippen molar-refractivity contribution >= 4 is 18.4 Å². The van der Waals surface area contributed by atoms with E-state index in [1.54, 1.807) is 18.2 Å². The summed E-state index contributed by atoms with van der Waals surface area (Å²) in [6.45, 7) is 0. The minimum Gasteiger partial charge on any atom is -0.504 e. The zero-order valence-corrected chi connectivity index (χ0v) is 10.5. The Kier molecular flexibility index (Phi) is 6.38. The van der Waals surface area contributed by atoms with Crippen molar-refractivity contribution in [3.05, 3.63) is 23.8 Å². The Morgan fingerprint density at radius 1 is 1.47 bits per heavy atom. The number of phenols is 1. The molecule has 17 heavy (non-hydrogen) atoms. The van der Waals surface area contributed by atoms with Gasteiger partial charge in [0.2, 0.25) is 0 Å². The molecule has 0 aromatic heterocycles. The second-order valence-electron chi connectivity index (χ2n) is 3.28. The summed E-state index contributed by atoms with van der Waals surface area (Å²) >= 11 is 0. The Hall–Kier alpha value is -1.46. The molecular weight excluding hydrogens is 246 g/mol. The van der Waals surface area contributed by atoms with Crippen LogP contribution < -0.4 is 10.5 Å². The standard InChI is InChI=1S/C11H15NO4.ClH/c1-15-9-5-3-4-7(11(9)14)8(12)6-10(13)16-2;/h3-5,8,14H,6,12H2,1-2H3;1H/t8-;/m1./s1. The molecule has 0 bridgehead atoms. The molecule has 0 radical (unpaired) electrons. The number of methoxy groups -OCH3 is 2. The number of rotatable bonds is 4. The Bertz CT molecular complexity index is 384. The maximum absolute atomic E-state index is 11.0. The summed E-state index contributed by atoms with van der Waals surface area (Å²) in [5.74, 6) is -0.131. The van der Waals surface area contributed by atoms with Crippen molar-refractivity contribution in [1.82, 2.24) is 0 Å². The van der Waals surface area contributed by atoms with Crippen LogP contribution in [0.3, 0.4) is 0 Å². The zero-order valence-electron chi connectivity index (χ0n) is 9.67. The molecule has 1 aromatic rings. The van der Waals surface area contributed by atoms with E-state index in [0.29, 0.717) is 11.3 Å². The third-order valence-corrected chi connectivity index (χ3v) is 2.26. The fourth-order valence-electron chi connectivity index (χ4n) is 1.38. The second kappa shape index (κ2) is 6.98. The Morgan fingerprint density at radius 2 is 2.12 bits per heavy atom. The van der Waals surface area contributed by atoms with Gasteiger partial charge in [0.05, 0.1) is 20.6 Å². The predicted octanol–water partition coefficient (Wildman–Crippen LogP) is 1.39. The van der Waals surface area contributed by atoms with Gasteiger partial charge in [-0.1, -0.05) is 12.1 Å². The number of carbonyl (C=O) groups excluding carboxylic acids is 1. The summed E-state index contributed by atoms with van der Waals surface area (Å²) in [6.07, 6.45) is 0.0111. The highest BCUT2D eigenvalue weighted by molar-refractivity contribution is 5.85. The van der Waals surface area contributed by atoms with E-state index in [0.717, 1.165) is 0 Å². The van der Waals surface area contributed by atoms with Crippen LogP contribution in [0.25, 0.3) is 0 Å². The number of benzene rings is 1. The molecule has 0 aliphatic heterocycles. The fraction of sp³-hybridized carbons (Fsp3) is 0.364. The Balaban J connectivity index is 0.00000256. The number of hydrogen-bond donors (Lipinski definition) is 2. The fourth-order valence-corrected chi connectivity index (χ4v) is 1.38. The van der Waals surface area contributed by atoms with Crippen molar-refractivity contribution in [3.63, 3.8) is 0 Å². The van der Waals surface area contributed by atoms with Crippen molar-refractivity contribution in [3.8, 4) is 11.5 Å². The third kappa shape index (κ3) is 3.80. The molecular formula is C11H16ClNO4. The molecule has 1 aromatic carbocycles. The summed E-state index contributed by atoms with van der Waals surface area (Å²) in [5, 5.41) is 9.79. The third-order valence-electron chi connectivity index (χ3n) is 2.26. The molecule has 0 aliphatic rings. The second-order valence-corrected chi connectivity index (χ2v) is 3.28. The lowest BCUT2D eigenvalue weighted by molar-refractivity contribution is -0.141. The first-order valence-electron chi connectivity index (χ1n) is 4.78. The van der Waals surface area contributed by atoms with Gasteiger partial charge in [0.25, 0.3) is 0 Å². The van der Waals surface area contributed by atoms with Gasteiger partial charge in [0, 0.05) is 11.6 Å². The first-order valence-corrected chi connectivity index (χ1v) is 4.78. The van der Waals surface area contributed by atoms with E-state index in [1.807, 2.05) is 0 Å². The van der Waals surface area contributed by atoms with Crippen LogP contribution in [-0.4, -0.2) is 25.3 Å². The number of nitrogens with two attached hydrogens (primary N) is 1. The number of esters is 1. The molecule has 0 amide bonds. The average molecular weight is 262 g/mol. The van der Waals surface area contributed by atoms with Gasteiger partial charge < -0.3 is 20.3 Å². The molecule has 6 heteroatoms. The molecule has 0 saturated heterocycles. The molecule has 0 fully saturated rings. The number of phenolic OH excluding ortho intramolecular Hbond substituents is 1. The van der Waals surface area contributed by atoms with E-state index < -0.39 is 12.0 Å². The predicted molar refractivity (Wildman–Crippen MR) is 65.5 cm³/mol.